The Balaban J connectivity index is 0.00000264. The lowest BCUT2D eigenvalue weighted by Gasteiger charge is -2.43. The SMILES string of the molecule is CN=C(NCCC(F)(F)F)NCC1(c2ccccc2)CCC1.I. The molecule has 2 N–H and O–H groups in total. The predicted molar refractivity (Wildman–Crippen MR) is 97.4 cm³/mol. The van der Waals surface area contributed by atoms with E-state index in [4.69, 9.17) is 0 Å². The fraction of sp³-hybridized carbons (Fsp3) is 0.562. The maximum atomic E-state index is 12.2. The smallest absolute Gasteiger partial charge is 0.356 e. The van der Waals surface area contributed by atoms with Crippen LogP contribution in [0.1, 0.15) is 31.2 Å². The van der Waals surface area contributed by atoms with Crippen LogP contribution in [0, 0.1) is 0 Å². The molecule has 130 valence electrons. The van der Waals surface area contributed by atoms with E-state index in [0.29, 0.717) is 12.5 Å². The third-order valence-corrected chi connectivity index (χ3v) is 4.22. The maximum Gasteiger partial charge on any atom is 0.390 e. The van der Waals surface area contributed by atoms with Crippen LogP contribution in [-0.2, 0) is 5.41 Å². The van der Waals surface area contributed by atoms with Gasteiger partial charge < -0.3 is 10.6 Å². The van der Waals surface area contributed by atoms with Crippen molar-refractivity contribution in [2.45, 2.75) is 37.3 Å². The van der Waals surface area contributed by atoms with E-state index >= 15 is 0 Å². The first kappa shape index (κ1) is 20.1. The molecular formula is C16H23F3IN3. The van der Waals surface area contributed by atoms with Gasteiger partial charge in [-0.25, -0.2) is 0 Å². The average molecular weight is 441 g/mol. The number of alkyl halides is 3. The maximum absolute atomic E-state index is 12.2. The molecule has 0 atom stereocenters. The molecule has 0 saturated heterocycles. The molecule has 3 nitrogen and oxygen atoms in total. The largest absolute Gasteiger partial charge is 0.390 e. The number of hydrogen-bond acceptors (Lipinski definition) is 1. The number of benzene rings is 1. The van der Waals surface area contributed by atoms with E-state index in [9.17, 15) is 13.2 Å². The average Bonchev–Trinajstić information content (AvgIpc) is 2.44. The minimum atomic E-state index is -4.15. The summed E-state index contributed by atoms with van der Waals surface area (Å²) in [4.78, 5) is 3.99. The highest BCUT2D eigenvalue weighted by molar-refractivity contribution is 14.0. The quantitative estimate of drug-likeness (QED) is 0.414. The summed E-state index contributed by atoms with van der Waals surface area (Å²) in [6, 6.07) is 10.2. The van der Waals surface area contributed by atoms with Gasteiger partial charge in [0, 0.05) is 25.6 Å². The van der Waals surface area contributed by atoms with E-state index in [1.54, 1.807) is 7.05 Å². The number of nitrogens with zero attached hydrogens (tertiary/aromatic N) is 1. The van der Waals surface area contributed by atoms with Crippen molar-refractivity contribution >= 4 is 29.9 Å². The fourth-order valence-corrected chi connectivity index (χ4v) is 2.76. The lowest BCUT2D eigenvalue weighted by molar-refractivity contribution is -0.132. The molecule has 0 radical (unpaired) electrons. The monoisotopic (exact) mass is 441 g/mol. The Kier molecular flexibility index (Phi) is 7.63. The summed E-state index contributed by atoms with van der Waals surface area (Å²) in [5, 5.41) is 5.89. The predicted octanol–water partition coefficient (Wildman–Crippen LogP) is 3.84. The van der Waals surface area contributed by atoms with E-state index in [1.807, 2.05) is 18.2 Å². The molecule has 0 unspecified atom stereocenters. The third kappa shape index (κ3) is 5.86. The van der Waals surface area contributed by atoms with Crippen LogP contribution in [0.4, 0.5) is 13.2 Å². The van der Waals surface area contributed by atoms with Gasteiger partial charge >= 0.3 is 6.18 Å². The summed E-state index contributed by atoms with van der Waals surface area (Å²) in [6.07, 6.45) is -1.66. The molecule has 1 aromatic rings. The molecular weight excluding hydrogens is 418 g/mol. The van der Waals surface area contributed by atoms with Crippen LogP contribution in [0.5, 0.6) is 0 Å². The van der Waals surface area contributed by atoms with Gasteiger partial charge in [-0.15, -0.1) is 24.0 Å². The van der Waals surface area contributed by atoms with Crippen LogP contribution in [0.25, 0.3) is 0 Å². The van der Waals surface area contributed by atoms with Gasteiger partial charge in [0.2, 0.25) is 0 Å². The minimum Gasteiger partial charge on any atom is -0.356 e. The van der Waals surface area contributed by atoms with Gasteiger partial charge in [0.15, 0.2) is 5.96 Å². The summed E-state index contributed by atoms with van der Waals surface area (Å²) in [6.45, 7) is 0.518. The second-order valence-corrected chi connectivity index (χ2v) is 5.72. The molecule has 1 aliphatic rings. The fourth-order valence-electron chi connectivity index (χ4n) is 2.76. The Morgan fingerprint density at radius 1 is 1.17 bits per heavy atom. The molecule has 7 heteroatoms. The Morgan fingerprint density at radius 3 is 2.30 bits per heavy atom. The van der Waals surface area contributed by atoms with Crippen molar-refractivity contribution in [1.82, 2.24) is 10.6 Å². The molecule has 1 saturated carbocycles. The molecule has 0 aliphatic heterocycles. The second-order valence-electron chi connectivity index (χ2n) is 5.72. The Hall–Kier alpha value is -0.990. The van der Waals surface area contributed by atoms with Crippen LogP contribution in [0.15, 0.2) is 35.3 Å². The van der Waals surface area contributed by atoms with Crippen molar-refractivity contribution in [3.05, 3.63) is 35.9 Å². The number of halogens is 4. The highest BCUT2D eigenvalue weighted by Gasteiger charge is 2.38. The second kappa shape index (κ2) is 8.75. The lowest BCUT2D eigenvalue weighted by Crippen LogP contribution is -2.49. The van der Waals surface area contributed by atoms with E-state index in [1.165, 1.54) is 12.0 Å². The molecule has 2 rings (SSSR count). The molecule has 0 amide bonds. The summed E-state index contributed by atoms with van der Waals surface area (Å²) < 4.78 is 36.5. The zero-order valence-corrected chi connectivity index (χ0v) is 15.4. The topological polar surface area (TPSA) is 36.4 Å². The van der Waals surface area contributed by atoms with Crippen molar-refractivity contribution < 1.29 is 13.2 Å². The van der Waals surface area contributed by atoms with E-state index in [-0.39, 0.29) is 35.9 Å². The lowest BCUT2D eigenvalue weighted by atomic mass is 9.64. The van der Waals surface area contributed by atoms with Gasteiger partial charge in [0.05, 0.1) is 6.42 Å². The van der Waals surface area contributed by atoms with Crippen molar-refractivity contribution in [2.75, 3.05) is 20.1 Å². The van der Waals surface area contributed by atoms with E-state index < -0.39 is 12.6 Å². The van der Waals surface area contributed by atoms with Gasteiger partial charge in [0.25, 0.3) is 0 Å². The van der Waals surface area contributed by atoms with Crippen LogP contribution in [0.3, 0.4) is 0 Å². The first-order chi connectivity index (χ1) is 10.5. The van der Waals surface area contributed by atoms with E-state index in [0.717, 1.165) is 12.8 Å². The van der Waals surface area contributed by atoms with Crippen LogP contribution < -0.4 is 10.6 Å². The summed E-state index contributed by atoms with van der Waals surface area (Å²) in [5.41, 5.74) is 1.35. The number of hydrogen-bond donors (Lipinski definition) is 2. The van der Waals surface area contributed by atoms with Gasteiger partial charge in [-0.3, -0.25) is 4.99 Å². The summed E-state index contributed by atoms with van der Waals surface area (Å²) in [5.74, 6) is 0.423. The van der Waals surface area contributed by atoms with Crippen molar-refractivity contribution in [3.8, 4) is 0 Å². The van der Waals surface area contributed by atoms with Crippen molar-refractivity contribution in [2.24, 2.45) is 4.99 Å². The van der Waals surface area contributed by atoms with Gasteiger partial charge in [-0.2, -0.15) is 13.2 Å². The first-order valence-corrected chi connectivity index (χ1v) is 7.52. The Labute approximate surface area is 152 Å². The van der Waals surface area contributed by atoms with Crippen molar-refractivity contribution in [1.29, 1.82) is 0 Å². The van der Waals surface area contributed by atoms with Gasteiger partial charge in [-0.05, 0) is 18.4 Å². The summed E-state index contributed by atoms with van der Waals surface area (Å²) >= 11 is 0. The van der Waals surface area contributed by atoms with Gasteiger partial charge in [0.1, 0.15) is 0 Å². The molecule has 0 bridgehead atoms. The van der Waals surface area contributed by atoms with Gasteiger partial charge in [-0.1, -0.05) is 36.8 Å². The van der Waals surface area contributed by atoms with Crippen molar-refractivity contribution in [3.63, 3.8) is 0 Å². The normalized spacial score (nSPS) is 17.0. The zero-order chi connectivity index (χ0) is 16.1. The Bertz CT molecular complexity index is 499. The number of rotatable bonds is 5. The summed E-state index contributed by atoms with van der Waals surface area (Å²) in [7, 11) is 1.57. The number of aliphatic imine (C=N–C) groups is 1. The number of guanidine groups is 1. The minimum absolute atomic E-state index is 0. The van der Waals surface area contributed by atoms with Crippen LogP contribution >= 0.6 is 24.0 Å². The first-order valence-electron chi connectivity index (χ1n) is 7.52. The van der Waals surface area contributed by atoms with Crippen LogP contribution in [0.2, 0.25) is 0 Å². The number of nitrogens with one attached hydrogen (secondary N) is 2. The molecule has 1 aliphatic carbocycles. The molecule has 1 fully saturated rings. The van der Waals surface area contributed by atoms with E-state index in [2.05, 4.69) is 27.8 Å². The Morgan fingerprint density at radius 2 is 1.83 bits per heavy atom. The third-order valence-electron chi connectivity index (χ3n) is 4.22. The van der Waals surface area contributed by atoms with Crippen LogP contribution in [-0.4, -0.2) is 32.3 Å². The molecule has 0 spiro atoms. The zero-order valence-electron chi connectivity index (χ0n) is 13.1. The molecule has 0 aromatic heterocycles. The standard InChI is InChI=1S/C16H22F3N3.HI/c1-20-14(21-11-10-16(17,18)19)22-12-15(8-5-9-15)13-6-3-2-4-7-13;/h2-4,6-7H,5,8-12H2,1H3,(H2,20,21,22);1H. The highest BCUT2D eigenvalue weighted by Crippen LogP contribution is 2.43. The molecule has 1 aromatic carbocycles. The molecule has 0 heterocycles. The molecule has 23 heavy (non-hydrogen) atoms. The highest BCUT2D eigenvalue weighted by atomic mass is 127.